The smallest absolute Gasteiger partial charge is 0.218 e. The van der Waals surface area contributed by atoms with Crippen molar-refractivity contribution in [3.8, 4) is 5.88 Å². The van der Waals surface area contributed by atoms with Gasteiger partial charge in [0.1, 0.15) is 12.1 Å². The Kier molecular flexibility index (Phi) is 4.12. The minimum Gasteiger partial charge on any atom is -0.481 e. The molecule has 0 amide bonds. The number of rotatable bonds is 5. The Morgan fingerprint density at radius 1 is 1.57 bits per heavy atom. The SMILES string of the molecule is COc1cc(NCCC(C)N)ncn1. The van der Waals surface area contributed by atoms with Crippen molar-refractivity contribution in [3.63, 3.8) is 0 Å². The van der Waals surface area contributed by atoms with Crippen LogP contribution in [-0.4, -0.2) is 29.7 Å². The van der Waals surface area contributed by atoms with E-state index in [0.717, 1.165) is 18.8 Å². The molecule has 1 atom stereocenters. The second kappa shape index (κ2) is 5.39. The van der Waals surface area contributed by atoms with Gasteiger partial charge in [0.15, 0.2) is 0 Å². The van der Waals surface area contributed by atoms with E-state index >= 15 is 0 Å². The van der Waals surface area contributed by atoms with Crippen LogP contribution >= 0.6 is 0 Å². The van der Waals surface area contributed by atoms with Crippen molar-refractivity contribution in [1.29, 1.82) is 0 Å². The molecule has 0 aliphatic heterocycles. The first-order valence-electron chi connectivity index (χ1n) is 4.58. The van der Waals surface area contributed by atoms with Gasteiger partial charge in [0.2, 0.25) is 5.88 Å². The summed E-state index contributed by atoms with van der Waals surface area (Å²) >= 11 is 0. The molecule has 0 aliphatic carbocycles. The average molecular weight is 196 g/mol. The summed E-state index contributed by atoms with van der Waals surface area (Å²) in [5, 5.41) is 3.14. The Morgan fingerprint density at radius 3 is 3.00 bits per heavy atom. The number of hydrogen-bond acceptors (Lipinski definition) is 5. The number of nitrogens with two attached hydrogens (primary N) is 1. The van der Waals surface area contributed by atoms with E-state index in [0.29, 0.717) is 5.88 Å². The molecule has 0 fully saturated rings. The summed E-state index contributed by atoms with van der Waals surface area (Å²) in [7, 11) is 1.58. The number of anilines is 1. The van der Waals surface area contributed by atoms with Crippen molar-refractivity contribution >= 4 is 5.82 Å². The topological polar surface area (TPSA) is 73.1 Å². The lowest BCUT2D eigenvalue weighted by molar-refractivity contribution is 0.397. The van der Waals surface area contributed by atoms with E-state index in [1.54, 1.807) is 13.2 Å². The van der Waals surface area contributed by atoms with Crippen LogP contribution in [-0.2, 0) is 0 Å². The van der Waals surface area contributed by atoms with Crippen LogP contribution in [0.25, 0.3) is 0 Å². The van der Waals surface area contributed by atoms with Crippen molar-refractivity contribution < 1.29 is 4.74 Å². The van der Waals surface area contributed by atoms with Gasteiger partial charge >= 0.3 is 0 Å². The predicted octanol–water partition coefficient (Wildman–Crippen LogP) is 0.634. The quantitative estimate of drug-likeness (QED) is 0.722. The number of hydrogen-bond donors (Lipinski definition) is 2. The zero-order valence-electron chi connectivity index (χ0n) is 8.53. The number of ether oxygens (including phenoxy) is 1. The Balaban J connectivity index is 2.42. The van der Waals surface area contributed by atoms with Crippen LogP contribution in [0.2, 0.25) is 0 Å². The second-order valence-electron chi connectivity index (χ2n) is 3.14. The molecule has 1 heterocycles. The minimum absolute atomic E-state index is 0.200. The van der Waals surface area contributed by atoms with Gasteiger partial charge in [0.05, 0.1) is 7.11 Å². The van der Waals surface area contributed by atoms with E-state index in [1.807, 2.05) is 6.92 Å². The summed E-state index contributed by atoms with van der Waals surface area (Å²) in [6.45, 7) is 2.78. The van der Waals surface area contributed by atoms with Crippen molar-refractivity contribution in [2.24, 2.45) is 5.73 Å². The van der Waals surface area contributed by atoms with Gasteiger partial charge in [-0.15, -0.1) is 0 Å². The highest BCUT2D eigenvalue weighted by atomic mass is 16.5. The third kappa shape index (κ3) is 3.57. The zero-order valence-corrected chi connectivity index (χ0v) is 8.53. The van der Waals surface area contributed by atoms with Crippen LogP contribution < -0.4 is 15.8 Å². The van der Waals surface area contributed by atoms with Crippen LogP contribution in [0.5, 0.6) is 5.88 Å². The molecule has 5 nitrogen and oxygen atoms in total. The van der Waals surface area contributed by atoms with Crippen molar-refractivity contribution in [2.45, 2.75) is 19.4 Å². The van der Waals surface area contributed by atoms with Gasteiger partial charge in [-0.25, -0.2) is 9.97 Å². The molecule has 0 saturated heterocycles. The lowest BCUT2D eigenvalue weighted by Gasteiger charge is -2.07. The van der Waals surface area contributed by atoms with E-state index in [4.69, 9.17) is 10.5 Å². The number of nitrogens with zero attached hydrogens (tertiary/aromatic N) is 2. The molecule has 0 aliphatic rings. The summed E-state index contributed by atoms with van der Waals surface area (Å²) in [6, 6.07) is 1.95. The van der Waals surface area contributed by atoms with Gasteiger partial charge in [-0.1, -0.05) is 0 Å². The lowest BCUT2D eigenvalue weighted by atomic mass is 10.2. The summed E-state index contributed by atoms with van der Waals surface area (Å²) in [4.78, 5) is 7.94. The third-order valence-corrected chi connectivity index (χ3v) is 1.76. The maximum Gasteiger partial charge on any atom is 0.218 e. The fourth-order valence-corrected chi connectivity index (χ4v) is 0.976. The average Bonchev–Trinajstić information content (AvgIpc) is 2.18. The number of nitrogens with one attached hydrogen (secondary N) is 1. The Labute approximate surface area is 83.7 Å². The predicted molar refractivity (Wildman–Crippen MR) is 55.3 cm³/mol. The monoisotopic (exact) mass is 196 g/mol. The maximum absolute atomic E-state index is 5.62. The van der Waals surface area contributed by atoms with Gasteiger partial charge in [0.25, 0.3) is 0 Å². The van der Waals surface area contributed by atoms with Crippen LogP contribution in [0.4, 0.5) is 5.82 Å². The molecule has 78 valence electrons. The maximum atomic E-state index is 5.62. The first kappa shape index (κ1) is 10.7. The van der Waals surface area contributed by atoms with Crippen molar-refractivity contribution in [2.75, 3.05) is 19.0 Å². The number of aromatic nitrogens is 2. The van der Waals surface area contributed by atoms with Crippen molar-refractivity contribution in [3.05, 3.63) is 12.4 Å². The van der Waals surface area contributed by atoms with Gasteiger partial charge < -0.3 is 15.8 Å². The highest BCUT2D eigenvalue weighted by Crippen LogP contribution is 2.09. The van der Waals surface area contributed by atoms with E-state index in [9.17, 15) is 0 Å². The highest BCUT2D eigenvalue weighted by Gasteiger charge is 1.98. The molecule has 5 heteroatoms. The van der Waals surface area contributed by atoms with Gasteiger partial charge in [0, 0.05) is 18.7 Å². The highest BCUT2D eigenvalue weighted by molar-refractivity contribution is 5.36. The minimum atomic E-state index is 0.200. The molecule has 1 rings (SSSR count). The van der Waals surface area contributed by atoms with Crippen LogP contribution in [0, 0.1) is 0 Å². The first-order valence-corrected chi connectivity index (χ1v) is 4.58. The fraction of sp³-hybridized carbons (Fsp3) is 0.556. The third-order valence-electron chi connectivity index (χ3n) is 1.76. The molecule has 0 spiro atoms. The Morgan fingerprint density at radius 2 is 2.36 bits per heavy atom. The summed E-state index contributed by atoms with van der Waals surface area (Å²) in [5.74, 6) is 1.32. The largest absolute Gasteiger partial charge is 0.481 e. The van der Waals surface area contributed by atoms with E-state index in [1.165, 1.54) is 6.33 Å². The van der Waals surface area contributed by atoms with Gasteiger partial charge in [-0.2, -0.15) is 0 Å². The molecule has 3 N–H and O–H groups in total. The van der Waals surface area contributed by atoms with Crippen molar-refractivity contribution in [1.82, 2.24) is 9.97 Å². The normalized spacial score (nSPS) is 12.2. The number of methoxy groups -OCH3 is 1. The summed E-state index contributed by atoms with van der Waals surface area (Å²) < 4.78 is 4.97. The zero-order chi connectivity index (χ0) is 10.4. The standard InChI is InChI=1S/C9H16N4O/c1-7(10)3-4-11-8-5-9(14-2)13-6-12-8/h5-7H,3-4,10H2,1-2H3,(H,11,12,13). The molecule has 0 radical (unpaired) electrons. The van der Waals surface area contributed by atoms with Crippen LogP contribution in [0.3, 0.4) is 0 Å². The van der Waals surface area contributed by atoms with E-state index in [-0.39, 0.29) is 6.04 Å². The van der Waals surface area contributed by atoms with Crippen LogP contribution in [0.1, 0.15) is 13.3 Å². The molecule has 0 aromatic carbocycles. The fourth-order valence-electron chi connectivity index (χ4n) is 0.976. The van der Waals surface area contributed by atoms with E-state index in [2.05, 4.69) is 15.3 Å². The first-order chi connectivity index (χ1) is 6.72. The van der Waals surface area contributed by atoms with E-state index < -0.39 is 0 Å². The molecule has 1 aromatic rings. The lowest BCUT2D eigenvalue weighted by Crippen LogP contribution is -2.19. The molecular formula is C9H16N4O. The summed E-state index contributed by atoms with van der Waals surface area (Å²) in [5.41, 5.74) is 5.62. The second-order valence-corrected chi connectivity index (χ2v) is 3.14. The Bertz CT molecular complexity index is 277. The molecule has 1 aromatic heterocycles. The Hall–Kier alpha value is -1.36. The molecular weight excluding hydrogens is 180 g/mol. The van der Waals surface area contributed by atoms with Gasteiger partial charge in [-0.05, 0) is 13.3 Å². The summed E-state index contributed by atoms with van der Waals surface area (Å²) in [6.07, 6.45) is 2.37. The molecule has 0 bridgehead atoms. The van der Waals surface area contributed by atoms with Gasteiger partial charge in [-0.3, -0.25) is 0 Å². The van der Waals surface area contributed by atoms with Crippen LogP contribution in [0.15, 0.2) is 12.4 Å². The molecule has 1 unspecified atom stereocenters. The molecule has 14 heavy (non-hydrogen) atoms. The molecule has 0 saturated carbocycles.